The van der Waals surface area contributed by atoms with Gasteiger partial charge in [-0.25, -0.2) is 4.79 Å². The minimum absolute atomic E-state index is 0.198. The minimum atomic E-state index is -0.198. The molecule has 0 saturated carbocycles. The summed E-state index contributed by atoms with van der Waals surface area (Å²) in [5, 5.41) is 0. The second-order valence-corrected chi connectivity index (χ2v) is 2.63. The molecule has 0 fully saturated rings. The van der Waals surface area contributed by atoms with Gasteiger partial charge in [0.1, 0.15) is 0 Å². The van der Waals surface area contributed by atoms with Crippen molar-refractivity contribution in [2.75, 3.05) is 0 Å². The van der Waals surface area contributed by atoms with Gasteiger partial charge in [-0.2, -0.15) is 4.98 Å². The van der Waals surface area contributed by atoms with E-state index in [0.29, 0.717) is 0 Å². The van der Waals surface area contributed by atoms with E-state index in [1.807, 2.05) is 30.3 Å². The fraction of sp³-hybridized carbons (Fsp3) is 0.111. The number of nitrogens with zero attached hydrogens (tertiary/aromatic N) is 2. The molecule has 0 spiro atoms. The highest BCUT2D eigenvalue weighted by atomic mass is 16.1. The number of imidazole rings is 1. The molecule has 60 valence electrons. The molecule has 12 heavy (non-hydrogen) atoms. The summed E-state index contributed by atoms with van der Waals surface area (Å²) in [4.78, 5) is 15.0. The molecule has 0 bridgehead atoms. The van der Waals surface area contributed by atoms with Crippen LogP contribution in [0.5, 0.6) is 0 Å². The van der Waals surface area contributed by atoms with Crippen LogP contribution in [-0.4, -0.2) is 9.55 Å². The molecular weight excluding hydrogens is 152 g/mol. The monoisotopic (exact) mass is 160 g/mol. The first-order chi connectivity index (χ1) is 5.79. The molecule has 1 aliphatic heterocycles. The smallest absolute Gasteiger partial charge is 0.293 e. The third-order valence-corrected chi connectivity index (χ3v) is 1.86. The summed E-state index contributed by atoms with van der Waals surface area (Å²) in [6.07, 6.45) is 0. The third kappa shape index (κ3) is 0.906. The first kappa shape index (κ1) is 7.03. The lowest BCUT2D eigenvalue weighted by Gasteiger charge is -1.91. The summed E-state index contributed by atoms with van der Waals surface area (Å²) < 4.78 is 1.54. The van der Waals surface area contributed by atoms with Gasteiger partial charge in [0.2, 0.25) is 0 Å². The molecule has 0 aromatic carbocycles. The molecule has 0 saturated heterocycles. The van der Waals surface area contributed by atoms with E-state index >= 15 is 0 Å². The van der Waals surface area contributed by atoms with Gasteiger partial charge >= 0.3 is 5.69 Å². The summed E-state index contributed by atoms with van der Waals surface area (Å²) in [5.41, 5.74) is 1.41. The molecule has 3 heteroatoms. The number of aromatic nitrogens is 2. The Morgan fingerprint density at radius 3 is 2.83 bits per heavy atom. The maximum atomic E-state index is 11.1. The van der Waals surface area contributed by atoms with Crippen molar-refractivity contribution >= 4 is 0 Å². The predicted octanol–water partition coefficient (Wildman–Crippen LogP) is 0.885. The maximum absolute atomic E-state index is 11.1. The summed E-state index contributed by atoms with van der Waals surface area (Å²) >= 11 is 0. The molecule has 0 atom stereocenters. The van der Waals surface area contributed by atoms with Crippen LogP contribution in [0.3, 0.4) is 0 Å². The molecule has 2 aliphatic rings. The number of fused-ring (bicyclic) bond motifs is 1. The van der Waals surface area contributed by atoms with Gasteiger partial charge in [0.15, 0.2) is 0 Å². The molecule has 2 rings (SSSR count). The standard InChI is InChI=1S/C9H8N2O/c1-11-8-6-4-2-3-5-7(8)10-9(11)12/h2-6H,1H3. The molecule has 0 aromatic rings. The Morgan fingerprint density at radius 2 is 2.00 bits per heavy atom. The molecule has 0 N–H and O–H groups in total. The summed E-state index contributed by atoms with van der Waals surface area (Å²) in [5.74, 6) is 0. The summed E-state index contributed by atoms with van der Waals surface area (Å²) in [7, 11) is 1.72. The van der Waals surface area contributed by atoms with Gasteiger partial charge in [-0.3, -0.25) is 4.57 Å². The number of hydrogen-bond acceptors (Lipinski definition) is 2. The van der Waals surface area contributed by atoms with Gasteiger partial charge in [-0.05, 0) is 12.1 Å². The van der Waals surface area contributed by atoms with Crippen LogP contribution in [0.2, 0.25) is 0 Å². The van der Waals surface area contributed by atoms with E-state index in [1.165, 1.54) is 4.57 Å². The van der Waals surface area contributed by atoms with E-state index in [2.05, 4.69) is 4.98 Å². The summed E-state index contributed by atoms with van der Waals surface area (Å²) in [6.45, 7) is 0. The second kappa shape index (κ2) is 2.44. The Balaban J connectivity index is 2.88. The minimum Gasteiger partial charge on any atom is -0.293 e. The topological polar surface area (TPSA) is 34.9 Å². The first-order valence-electron chi connectivity index (χ1n) is 3.71. The van der Waals surface area contributed by atoms with Crippen molar-refractivity contribution < 1.29 is 0 Å². The van der Waals surface area contributed by atoms with Crippen LogP contribution in [0.1, 0.15) is 0 Å². The molecule has 3 nitrogen and oxygen atoms in total. The van der Waals surface area contributed by atoms with Gasteiger partial charge in [0, 0.05) is 7.05 Å². The molecule has 0 amide bonds. The van der Waals surface area contributed by atoms with Crippen LogP contribution in [-0.2, 0) is 7.05 Å². The molecule has 0 radical (unpaired) electrons. The molecule has 1 aliphatic carbocycles. The van der Waals surface area contributed by atoms with Crippen LogP contribution in [0.25, 0.3) is 11.4 Å². The largest absolute Gasteiger partial charge is 0.348 e. The van der Waals surface area contributed by atoms with Crippen LogP contribution in [0.4, 0.5) is 0 Å². The zero-order valence-electron chi connectivity index (χ0n) is 6.69. The van der Waals surface area contributed by atoms with Crippen LogP contribution < -0.4 is 5.69 Å². The highest BCUT2D eigenvalue weighted by Crippen LogP contribution is 2.13. The highest BCUT2D eigenvalue weighted by molar-refractivity contribution is 5.55. The van der Waals surface area contributed by atoms with E-state index in [4.69, 9.17) is 0 Å². The average Bonchev–Trinajstić information content (AvgIpc) is 2.30. The lowest BCUT2D eigenvalue weighted by atomic mass is 10.3. The van der Waals surface area contributed by atoms with E-state index in [0.717, 1.165) is 11.4 Å². The van der Waals surface area contributed by atoms with Crippen molar-refractivity contribution in [3.63, 3.8) is 0 Å². The normalized spacial score (nSPS) is 10.4. The van der Waals surface area contributed by atoms with Crippen molar-refractivity contribution in [2.24, 2.45) is 7.05 Å². The molecular formula is C9H8N2O. The summed E-state index contributed by atoms with van der Waals surface area (Å²) in [6, 6.07) is 9.38. The zero-order chi connectivity index (χ0) is 8.55. The van der Waals surface area contributed by atoms with Gasteiger partial charge in [0.25, 0.3) is 0 Å². The van der Waals surface area contributed by atoms with Gasteiger partial charge in [-0.15, -0.1) is 0 Å². The van der Waals surface area contributed by atoms with Crippen molar-refractivity contribution in [1.82, 2.24) is 9.55 Å². The fourth-order valence-corrected chi connectivity index (χ4v) is 1.19. The maximum Gasteiger partial charge on any atom is 0.348 e. The van der Waals surface area contributed by atoms with Crippen LogP contribution in [0.15, 0.2) is 35.1 Å². The molecule has 0 aromatic heterocycles. The quantitative estimate of drug-likeness (QED) is 0.573. The average molecular weight is 160 g/mol. The predicted molar refractivity (Wildman–Crippen MR) is 46.1 cm³/mol. The first-order valence-corrected chi connectivity index (χ1v) is 3.71. The fourth-order valence-electron chi connectivity index (χ4n) is 1.19. The Labute approximate surface area is 69.6 Å². The number of rotatable bonds is 0. The van der Waals surface area contributed by atoms with Crippen molar-refractivity contribution in [2.45, 2.75) is 0 Å². The Morgan fingerprint density at radius 1 is 1.25 bits per heavy atom. The number of hydrogen-bond donors (Lipinski definition) is 0. The van der Waals surface area contributed by atoms with Crippen LogP contribution in [0, 0.1) is 0 Å². The van der Waals surface area contributed by atoms with Crippen molar-refractivity contribution in [1.29, 1.82) is 0 Å². The molecule has 0 unspecified atom stereocenters. The SMILES string of the molecule is Cn1c2cccccc-2nc1=O. The highest BCUT2D eigenvalue weighted by Gasteiger charge is 2.07. The lowest BCUT2D eigenvalue weighted by Crippen LogP contribution is -2.11. The lowest BCUT2D eigenvalue weighted by molar-refractivity contribution is 0.874. The van der Waals surface area contributed by atoms with E-state index in [9.17, 15) is 4.79 Å². The van der Waals surface area contributed by atoms with E-state index < -0.39 is 0 Å². The van der Waals surface area contributed by atoms with Crippen LogP contribution >= 0.6 is 0 Å². The Kier molecular flexibility index (Phi) is 1.43. The van der Waals surface area contributed by atoms with Gasteiger partial charge in [0.05, 0.1) is 11.4 Å². The molecule has 1 heterocycles. The zero-order valence-corrected chi connectivity index (χ0v) is 6.69. The second-order valence-electron chi connectivity index (χ2n) is 2.63. The van der Waals surface area contributed by atoms with Crippen molar-refractivity contribution in [3.8, 4) is 11.4 Å². The third-order valence-electron chi connectivity index (χ3n) is 1.86. The Hall–Kier alpha value is -1.64. The Bertz CT molecular complexity index is 433. The van der Waals surface area contributed by atoms with Crippen molar-refractivity contribution in [3.05, 3.63) is 40.8 Å². The van der Waals surface area contributed by atoms with E-state index in [1.54, 1.807) is 7.05 Å². The van der Waals surface area contributed by atoms with Gasteiger partial charge in [-0.1, -0.05) is 18.2 Å². The van der Waals surface area contributed by atoms with Gasteiger partial charge < -0.3 is 0 Å². The van der Waals surface area contributed by atoms with E-state index in [-0.39, 0.29) is 5.69 Å².